The van der Waals surface area contributed by atoms with Gasteiger partial charge in [-0.1, -0.05) is 72.8 Å². The van der Waals surface area contributed by atoms with Crippen molar-refractivity contribution in [3.63, 3.8) is 0 Å². The second kappa shape index (κ2) is 11.8. The van der Waals surface area contributed by atoms with E-state index in [2.05, 4.69) is 28.0 Å². The summed E-state index contributed by atoms with van der Waals surface area (Å²) in [5.74, 6) is 0.981. The molecule has 8 heteroatoms. The van der Waals surface area contributed by atoms with Gasteiger partial charge in [-0.25, -0.2) is 0 Å². The Kier molecular flexibility index (Phi) is 7.61. The fourth-order valence-electron chi connectivity index (χ4n) is 5.15. The average Bonchev–Trinajstić information content (AvgIpc) is 3.36. The van der Waals surface area contributed by atoms with Gasteiger partial charge in [-0.3, -0.25) is 9.58 Å². The molecule has 1 N–H and O–H groups in total. The first-order valence-corrected chi connectivity index (χ1v) is 13.6. The van der Waals surface area contributed by atoms with E-state index in [0.717, 1.165) is 65.2 Å². The summed E-state index contributed by atoms with van der Waals surface area (Å²) in [5.41, 5.74) is 5.96. The van der Waals surface area contributed by atoms with E-state index < -0.39 is 0 Å². The Morgan fingerprint density at radius 2 is 1.43 bits per heavy atom. The van der Waals surface area contributed by atoms with Crippen molar-refractivity contribution in [1.82, 2.24) is 19.7 Å². The Morgan fingerprint density at radius 1 is 0.750 bits per heavy atom. The summed E-state index contributed by atoms with van der Waals surface area (Å²) in [4.78, 5) is 9.21. The molecule has 6 rings (SSSR count). The standard InChI is InChI=1S/C32H33N5O3/c1-35-31-26(13-8-14-28(31)37-19-17-36(23-38)18-20-37)30(34-35)27-15-16-29(39-21-24-9-4-2-5-10-24)33-32(27)40-22-25-11-6-3-7-12-25/h2-16,38H,17-23H2,1H3. The van der Waals surface area contributed by atoms with Gasteiger partial charge >= 0.3 is 0 Å². The number of rotatable bonds is 9. The number of pyridine rings is 1. The monoisotopic (exact) mass is 535 g/mol. The minimum Gasteiger partial charge on any atom is -0.473 e. The van der Waals surface area contributed by atoms with Crippen LogP contribution in [0.15, 0.2) is 91.0 Å². The third kappa shape index (κ3) is 5.50. The minimum absolute atomic E-state index is 0.0950. The molecule has 3 aromatic carbocycles. The van der Waals surface area contributed by atoms with E-state index in [1.54, 1.807) is 0 Å². The zero-order chi connectivity index (χ0) is 27.3. The lowest BCUT2D eigenvalue weighted by atomic mass is 10.1. The van der Waals surface area contributed by atoms with Gasteiger partial charge < -0.3 is 19.5 Å². The van der Waals surface area contributed by atoms with Crippen LogP contribution in [-0.2, 0) is 20.3 Å². The zero-order valence-electron chi connectivity index (χ0n) is 22.6. The molecule has 0 saturated carbocycles. The first-order chi connectivity index (χ1) is 19.7. The number of nitrogens with zero attached hydrogens (tertiary/aromatic N) is 5. The Morgan fingerprint density at radius 3 is 2.10 bits per heavy atom. The number of ether oxygens (including phenoxy) is 2. The molecule has 0 atom stereocenters. The van der Waals surface area contributed by atoms with E-state index >= 15 is 0 Å². The number of hydrogen-bond acceptors (Lipinski definition) is 7. The number of aromatic nitrogens is 3. The topological polar surface area (TPSA) is 75.9 Å². The smallest absolute Gasteiger partial charge is 0.226 e. The quantitative estimate of drug-likeness (QED) is 0.289. The summed E-state index contributed by atoms with van der Waals surface area (Å²) in [7, 11) is 1.98. The molecule has 0 amide bonds. The van der Waals surface area contributed by atoms with E-state index in [4.69, 9.17) is 19.6 Å². The third-order valence-electron chi connectivity index (χ3n) is 7.29. The summed E-state index contributed by atoms with van der Waals surface area (Å²) in [6.45, 7) is 4.24. The molecular weight excluding hydrogens is 502 g/mol. The molecule has 0 bridgehead atoms. The molecule has 1 fully saturated rings. The maximum Gasteiger partial charge on any atom is 0.226 e. The van der Waals surface area contributed by atoms with Gasteiger partial charge in [-0.05, 0) is 23.3 Å². The molecule has 1 aliphatic rings. The minimum atomic E-state index is 0.0950. The van der Waals surface area contributed by atoms with Gasteiger partial charge in [0, 0.05) is 44.7 Å². The lowest BCUT2D eigenvalue weighted by Crippen LogP contribution is -2.46. The lowest BCUT2D eigenvalue weighted by Gasteiger charge is -2.35. The summed E-state index contributed by atoms with van der Waals surface area (Å²) >= 11 is 0. The molecule has 2 aromatic heterocycles. The molecule has 8 nitrogen and oxygen atoms in total. The SMILES string of the molecule is Cn1nc(-c2ccc(OCc3ccccc3)nc2OCc2ccccc2)c2cccc(N3CCN(CO)CC3)c21. The number of aryl methyl sites for hydroxylation is 1. The molecule has 204 valence electrons. The van der Waals surface area contributed by atoms with Gasteiger partial charge in [0.2, 0.25) is 11.8 Å². The maximum atomic E-state index is 9.51. The number of benzene rings is 3. The van der Waals surface area contributed by atoms with Crippen LogP contribution in [0.4, 0.5) is 5.69 Å². The first kappa shape index (κ1) is 25.9. The van der Waals surface area contributed by atoms with Crippen molar-refractivity contribution in [1.29, 1.82) is 0 Å². The number of anilines is 1. The van der Waals surface area contributed by atoms with Gasteiger partial charge in [0.05, 0.1) is 23.5 Å². The van der Waals surface area contributed by atoms with Gasteiger partial charge in [-0.15, -0.1) is 0 Å². The number of para-hydroxylation sites is 1. The molecule has 3 heterocycles. The zero-order valence-corrected chi connectivity index (χ0v) is 22.6. The van der Waals surface area contributed by atoms with E-state index in [1.807, 2.05) is 84.5 Å². The fraction of sp³-hybridized carbons (Fsp3) is 0.250. The number of piperazine rings is 1. The Labute approximate surface area is 234 Å². The van der Waals surface area contributed by atoms with Crippen LogP contribution in [0.5, 0.6) is 11.8 Å². The van der Waals surface area contributed by atoms with Crippen LogP contribution in [0.25, 0.3) is 22.2 Å². The van der Waals surface area contributed by atoms with Crippen molar-refractivity contribution in [2.75, 3.05) is 37.8 Å². The Hall–Kier alpha value is -4.40. The molecule has 1 aliphatic heterocycles. The third-order valence-corrected chi connectivity index (χ3v) is 7.29. The Bertz CT molecular complexity index is 1560. The van der Waals surface area contributed by atoms with Crippen molar-refractivity contribution >= 4 is 16.6 Å². The molecule has 5 aromatic rings. The molecule has 0 unspecified atom stereocenters. The van der Waals surface area contributed by atoms with Crippen molar-refractivity contribution in [3.05, 3.63) is 102 Å². The van der Waals surface area contributed by atoms with Gasteiger partial charge in [0.1, 0.15) is 18.9 Å². The molecule has 1 saturated heterocycles. The van der Waals surface area contributed by atoms with E-state index in [9.17, 15) is 5.11 Å². The fourth-order valence-corrected chi connectivity index (χ4v) is 5.15. The van der Waals surface area contributed by atoms with Gasteiger partial charge in [-0.2, -0.15) is 10.1 Å². The van der Waals surface area contributed by atoms with E-state index in [0.29, 0.717) is 25.0 Å². The van der Waals surface area contributed by atoms with Crippen molar-refractivity contribution in [3.8, 4) is 23.0 Å². The number of aliphatic hydroxyl groups is 1. The number of fused-ring (bicyclic) bond motifs is 1. The average molecular weight is 536 g/mol. The molecular formula is C32H33N5O3. The lowest BCUT2D eigenvalue weighted by molar-refractivity contribution is 0.102. The summed E-state index contributed by atoms with van der Waals surface area (Å²) in [6, 6.07) is 30.3. The van der Waals surface area contributed by atoms with Crippen LogP contribution in [-0.4, -0.2) is 57.7 Å². The van der Waals surface area contributed by atoms with E-state index in [1.165, 1.54) is 0 Å². The number of hydrogen-bond donors (Lipinski definition) is 1. The van der Waals surface area contributed by atoms with Crippen molar-refractivity contribution < 1.29 is 14.6 Å². The summed E-state index contributed by atoms with van der Waals surface area (Å²) in [5, 5.41) is 15.5. The molecule has 40 heavy (non-hydrogen) atoms. The van der Waals surface area contributed by atoms with Crippen molar-refractivity contribution in [2.45, 2.75) is 13.2 Å². The molecule has 0 radical (unpaired) electrons. The molecule has 0 spiro atoms. The predicted octanol–water partition coefficient (Wildman–Crippen LogP) is 4.87. The summed E-state index contributed by atoms with van der Waals surface area (Å²) < 4.78 is 14.3. The first-order valence-electron chi connectivity index (χ1n) is 13.6. The van der Waals surface area contributed by atoms with Gasteiger partial charge in [0.15, 0.2) is 0 Å². The highest BCUT2D eigenvalue weighted by Crippen LogP contribution is 2.38. The van der Waals surface area contributed by atoms with Crippen LogP contribution in [0.2, 0.25) is 0 Å². The highest BCUT2D eigenvalue weighted by atomic mass is 16.5. The normalized spacial score (nSPS) is 14.0. The second-order valence-electron chi connectivity index (χ2n) is 9.94. The summed E-state index contributed by atoms with van der Waals surface area (Å²) in [6.07, 6.45) is 0. The van der Waals surface area contributed by atoms with Crippen molar-refractivity contribution in [2.24, 2.45) is 7.05 Å². The predicted molar refractivity (Wildman–Crippen MR) is 156 cm³/mol. The molecule has 0 aliphatic carbocycles. The van der Waals surface area contributed by atoms with Gasteiger partial charge in [0.25, 0.3) is 0 Å². The van der Waals surface area contributed by atoms with E-state index in [-0.39, 0.29) is 6.73 Å². The second-order valence-corrected chi connectivity index (χ2v) is 9.94. The number of aliphatic hydroxyl groups excluding tert-OH is 1. The maximum absolute atomic E-state index is 9.51. The van der Waals surface area contributed by atoms with Crippen LogP contribution >= 0.6 is 0 Å². The largest absolute Gasteiger partial charge is 0.473 e. The highest BCUT2D eigenvalue weighted by Gasteiger charge is 2.23. The van der Waals surface area contributed by atoms with Crippen LogP contribution in [0, 0.1) is 0 Å². The van der Waals surface area contributed by atoms with Crippen LogP contribution in [0.1, 0.15) is 11.1 Å². The van der Waals surface area contributed by atoms with Crippen LogP contribution in [0.3, 0.4) is 0 Å². The van der Waals surface area contributed by atoms with Crippen LogP contribution < -0.4 is 14.4 Å². The highest BCUT2D eigenvalue weighted by molar-refractivity contribution is 6.01. The Balaban J connectivity index is 1.35.